The van der Waals surface area contributed by atoms with E-state index in [2.05, 4.69) is 0 Å². The summed E-state index contributed by atoms with van der Waals surface area (Å²) < 4.78 is 26.9. The number of ether oxygens (including phenoxy) is 5. The quantitative estimate of drug-likeness (QED) is 0.418. The predicted molar refractivity (Wildman–Crippen MR) is 61.5 cm³/mol. The van der Waals surface area contributed by atoms with Crippen LogP contribution in [0.25, 0.3) is 0 Å². The van der Waals surface area contributed by atoms with Crippen molar-refractivity contribution < 1.29 is 23.7 Å². The second-order valence-electron chi connectivity index (χ2n) is 3.86. The van der Waals surface area contributed by atoms with Crippen molar-refractivity contribution in [3.63, 3.8) is 0 Å². The summed E-state index contributed by atoms with van der Waals surface area (Å²) >= 11 is 0. The molecule has 94 valence electrons. The van der Waals surface area contributed by atoms with Gasteiger partial charge in [-0.3, -0.25) is 0 Å². The van der Waals surface area contributed by atoms with Gasteiger partial charge in [-0.15, -0.1) is 0 Å². The third-order valence-corrected chi connectivity index (χ3v) is 2.74. The van der Waals surface area contributed by atoms with Crippen LogP contribution in [0, 0.1) is 0 Å². The fourth-order valence-electron chi connectivity index (χ4n) is 2.00. The van der Waals surface area contributed by atoms with E-state index in [1.165, 1.54) is 0 Å². The largest absolute Gasteiger partial charge is 0.382 e. The molecule has 0 unspecified atom stereocenters. The summed E-state index contributed by atoms with van der Waals surface area (Å²) in [6.45, 7) is 1.63. The van der Waals surface area contributed by atoms with Gasteiger partial charge in [0.2, 0.25) is 0 Å². The molecule has 16 heavy (non-hydrogen) atoms. The first-order valence-corrected chi connectivity index (χ1v) is 5.52. The van der Waals surface area contributed by atoms with Crippen LogP contribution in [0.15, 0.2) is 0 Å². The summed E-state index contributed by atoms with van der Waals surface area (Å²) in [5.74, 6) is 0. The molecule has 1 saturated heterocycles. The van der Waals surface area contributed by atoms with E-state index in [1.807, 2.05) is 7.85 Å². The average Bonchev–Trinajstić information content (AvgIpc) is 2.56. The Morgan fingerprint density at radius 1 is 1.06 bits per heavy atom. The van der Waals surface area contributed by atoms with Gasteiger partial charge in [-0.1, -0.05) is 0 Å². The number of rotatable bonds is 7. The summed E-state index contributed by atoms with van der Waals surface area (Å²) in [7, 11) is 6.96. The number of hydrogen-bond acceptors (Lipinski definition) is 5. The highest BCUT2D eigenvalue weighted by Crippen LogP contribution is 2.24. The van der Waals surface area contributed by atoms with Gasteiger partial charge in [-0.05, 0) is 0 Å². The molecule has 0 bridgehead atoms. The van der Waals surface area contributed by atoms with E-state index in [1.54, 1.807) is 21.3 Å². The lowest BCUT2D eigenvalue weighted by atomic mass is 9.93. The number of methoxy groups -OCH3 is 3. The molecule has 1 aliphatic heterocycles. The molecule has 0 radical (unpaired) electrons. The molecular formula is C10H21BO5. The van der Waals surface area contributed by atoms with E-state index in [0.717, 1.165) is 0 Å². The fraction of sp³-hybridized carbons (Fsp3) is 1.00. The van der Waals surface area contributed by atoms with Crippen LogP contribution in [0.2, 0.25) is 0 Å². The molecule has 0 saturated carbocycles. The molecule has 0 aliphatic carbocycles. The maximum Gasteiger partial charge on any atom is 0.142 e. The van der Waals surface area contributed by atoms with Crippen molar-refractivity contribution in [2.45, 2.75) is 24.3 Å². The molecule has 5 nitrogen and oxygen atoms in total. The van der Waals surface area contributed by atoms with E-state index < -0.39 is 0 Å². The molecule has 0 aromatic rings. The van der Waals surface area contributed by atoms with Crippen LogP contribution in [-0.4, -0.2) is 73.3 Å². The van der Waals surface area contributed by atoms with Crippen molar-refractivity contribution in [2.24, 2.45) is 0 Å². The topological polar surface area (TPSA) is 46.2 Å². The number of hydrogen-bond donors (Lipinski definition) is 0. The van der Waals surface area contributed by atoms with Crippen molar-refractivity contribution in [3.05, 3.63) is 0 Å². The monoisotopic (exact) mass is 232 g/mol. The standard InChI is InChI=1S/C10H21BO5/c1-12-4-5-15-8-7(6-13-2)16-10(11)9(8)14-3/h7-10H,4-6,11H2,1-3H3/t7-,8-,9-,10-/m1/s1. The summed E-state index contributed by atoms with van der Waals surface area (Å²) in [5, 5.41) is 0. The van der Waals surface area contributed by atoms with Crippen molar-refractivity contribution >= 4 is 7.85 Å². The van der Waals surface area contributed by atoms with Crippen LogP contribution in [-0.2, 0) is 23.7 Å². The predicted octanol–water partition coefficient (Wildman–Crippen LogP) is -0.963. The minimum absolute atomic E-state index is 0.0256. The molecule has 1 heterocycles. The Labute approximate surface area is 97.7 Å². The highest BCUT2D eigenvalue weighted by molar-refractivity contribution is 6.11. The molecule has 1 aliphatic rings. The first kappa shape index (κ1) is 13.9. The SMILES string of the molecule is B[C@@H]1O[C@H](COC)[C@@H](OCCOC)[C@H]1OC. The Morgan fingerprint density at radius 2 is 1.81 bits per heavy atom. The van der Waals surface area contributed by atoms with Gasteiger partial charge in [0.1, 0.15) is 26.2 Å². The van der Waals surface area contributed by atoms with Crippen molar-refractivity contribution in [1.82, 2.24) is 0 Å². The van der Waals surface area contributed by atoms with Crippen LogP contribution in [0.5, 0.6) is 0 Å². The molecule has 6 heteroatoms. The fourth-order valence-corrected chi connectivity index (χ4v) is 2.00. The van der Waals surface area contributed by atoms with Gasteiger partial charge < -0.3 is 23.7 Å². The summed E-state index contributed by atoms with van der Waals surface area (Å²) in [5.41, 5.74) is 0. The van der Waals surface area contributed by atoms with E-state index in [9.17, 15) is 0 Å². The Balaban J connectivity index is 2.49. The van der Waals surface area contributed by atoms with Crippen molar-refractivity contribution in [3.8, 4) is 0 Å². The Bertz CT molecular complexity index is 192. The van der Waals surface area contributed by atoms with Gasteiger partial charge in [0.05, 0.1) is 25.8 Å². The van der Waals surface area contributed by atoms with Gasteiger partial charge in [0.25, 0.3) is 0 Å². The highest BCUT2D eigenvalue weighted by atomic mass is 16.6. The Hall–Kier alpha value is -0.135. The molecule has 4 atom stereocenters. The maximum absolute atomic E-state index is 5.73. The Morgan fingerprint density at radius 3 is 2.38 bits per heavy atom. The molecule has 0 aromatic carbocycles. The lowest BCUT2D eigenvalue weighted by Crippen LogP contribution is -2.39. The van der Waals surface area contributed by atoms with Gasteiger partial charge >= 0.3 is 0 Å². The minimum Gasteiger partial charge on any atom is -0.382 e. The van der Waals surface area contributed by atoms with Gasteiger partial charge in [-0.2, -0.15) is 0 Å². The first-order valence-electron chi connectivity index (χ1n) is 5.52. The molecule has 0 amide bonds. The van der Waals surface area contributed by atoms with Crippen LogP contribution < -0.4 is 0 Å². The zero-order valence-corrected chi connectivity index (χ0v) is 10.5. The molecule has 0 aromatic heterocycles. The lowest BCUT2D eigenvalue weighted by Gasteiger charge is -2.22. The van der Waals surface area contributed by atoms with Crippen LogP contribution in [0.3, 0.4) is 0 Å². The zero-order chi connectivity index (χ0) is 12.0. The maximum atomic E-state index is 5.73. The second kappa shape index (κ2) is 7.24. The molecule has 1 fully saturated rings. The third-order valence-electron chi connectivity index (χ3n) is 2.74. The first-order chi connectivity index (χ1) is 7.74. The Kier molecular flexibility index (Phi) is 6.30. The molecule has 0 spiro atoms. The van der Waals surface area contributed by atoms with Crippen LogP contribution in [0.4, 0.5) is 0 Å². The summed E-state index contributed by atoms with van der Waals surface area (Å²) in [6, 6.07) is 0.0256. The van der Waals surface area contributed by atoms with E-state index in [4.69, 9.17) is 23.7 Å². The summed E-state index contributed by atoms with van der Waals surface area (Å²) in [4.78, 5) is 0. The highest BCUT2D eigenvalue weighted by Gasteiger charge is 2.43. The summed E-state index contributed by atoms with van der Waals surface area (Å²) in [6.07, 6.45) is -0.200. The van der Waals surface area contributed by atoms with E-state index in [-0.39, 0.29) is 24.3 Å². The van der Waals surface area contributed by atoms with E-state index >= 15 is 0 Å². The normalized spacial score (nSPS) is 34.4. The van der Waals surface area contributed by atoms with Crippen LogP contribution >= 0.6 is 0 Å². The van der Waals surface area contributed by atoms with Crippen molar-refractivity contribution in [2.75, 3.05) is 41.2 Å². The van der Waals surface area contributed by atoms with Gasteiger partial charge in [-0.25, -0.2) is 0 Å². The second-order valence-corrected chi connectivity index (χ2v) is 3.86. The van der Waals surface area contributed by atoms with Gasteiger partial charge in [0, 0.05) is 21.3 Å². The average molecular weight is 232 g/mol. The smallest absolute Gasteiger partial charge is 0.142 e. The lowest BCUT2D eigenvalue weighted by molar-refractivity contribution is -0.0760. The molecule has 1 rings (SSSR count). The van der Waals surface area contributed by atoms with Crippen molar-refractivity contribution in [1.29, 1.82) is 0 Å². The zero-order valence-electron chi connectivity index (χ0n) is 10.5. The third kappa shape index (κ3) is 3.43. The van der Waals surface area contributed by atoms with Gasteiger partial charge in [0.15, 0.2) is 0 Å². The van der Waals surface area contributed by atoms with Crippen LogP contribution in [0.1, 0.15) is 0 Å². The minimum atomic E-state index is -0.0879. The molecule has 0 N–H and O–H groups in total. The molecular weight excluding hydrogens is 211 g/mol. The van der Waals surface area contributed by atoms with E-state index in [0.29, 0.717) is 19.8 Å².